The quantitative estimate of drug-likeness (QED) is 0.794. The molecule has 1 saturated carbocycles. The fourth-order valence-electron chi connectivity index (χ4n) is 3.11. The van der Waals surface area contributed by atoms with Gasteiger partial charge in [-0.2, -0.15) is 0 Å². The van der Waals surface area contributed by atoms with Crippen LogP contribution in [-0.2, 0) is 11.3 Å². The molecule has 1 aliphatic heterocycles. The third kappa shape index (κ3) is 4.59. The summed E-state index contributed by atoms with van der Waals surface area (Å²) in [4.78, 5) is 2.58. The molecular weight excluding hydrogens is 292 g/mol. The first-order valence-electron chi connectivity index (χ1n) is 8.66. The summed E-state index contributed by atoms with van der Waals surface area (Å²) < 4.78 is 16.8. The van der Waals surface area contributed by atoms with Crippen LogP contribution in [0, 0.1) is 0 Å². The van der Waals surface area contributed by atoms with Gasteiger partial charge in [-0.15, -0.1) is 0 Å². The van der Waals surface area contributed by atoms with Crippen LogP contribution in [0.2, 0.25) is 0 Å². The zero-order chi connectivity index (χ0) is 16.1. The van der Waals surface area contributed by atoms with Gasteiger partial charge in [0, 0.05) is 32.2 Å². The van der Waals surface area contributed by atoms with Crippen LogP contribution in [0.3, 0.4) is 0 Å². The Morgan fingerprint density at radius 2 is 2.17 bits per heavy atom. The van der Waals surface area contributed by atoms with E-state index < -0.39 is 0 Å². The lowest BCUT2D eigenvalue weighted by Crippen LogP contribution is -2.47. The van der Waals surface area contributed by atoms with E-state index in [9.17, 15) is 0 Å². The highest BCUT2D eigenvalue weighted by molar-refractivity contribution is 5.42. The van der Waals surface area contributed by atoms with Gasteiger partial charge in [0.05, 0.1) is 26.4 Å². The lowest BCUT2D eigenvalue weighted by atomic mass is 10.2. The Labute approximate surface area is 138 Å². The normalized spacial score (nSPS) is 22.1. The second-order valence-electron chi connectivity index (χ2n) is 6.27. The van der Waals surface area contributed by atoms with Crippen LogP contribution >= 0.6 is 0 Å². The van der Waals surface area contributed by atoms with E-state index in [1.807, 2.05) is 19.1 Å². The number of nitrogens with zero attached hydrogens (tertiary/aromatic N) is 1. The third-order valence-electron chi connectivity index (χ3n) is 4.46. The van der Waals surface area contributed by atoms with Crippen molar-refractivity contribution in [2.75, 3.05) is 40.0 Å². The molecule has 128 valence electrons. The number of benzene rings is 1. The predicted octanol–water partition coefficient (Wildman–Crippen LogP) is 2.05. The first kappa shape index (κ1) is 16.6. The van der Waals surface area contributed by atoms with Gasteiger partial charge >= 0.3 is 0 Å². The van der Waals surface area contributed by atoms with E-state index in [2.05, 4.69) is 16.3 Å². The maximum atomic E-state index is 5.87. The molecule has 0 radical (unpaired) electrons. The Balaban J connectivity index is 1.46. The molecule has 0 aromatic heterocycles. The van der Waals surface area contributed by atoms with Gasteiger partial charge in [0.25, 0.3) is 0 Å². The van der Waals surface area contributed by atoms with Gasteiger partial charge in [0.15, 0.2) is 11.5 Å². The van der Waals surface area contributed by atoms with Crippen molar-refractivity contribution >= 4 is 0 Å². The van der Waals surface area contributed by atoms with Crippen LogP contribution in [-0.4, -0.2) is 57.0 Å². The molecule has 2 fully saturated rings. The van der Waals surface area contributed by atoms with Gasteiger partial charge in [0.1, 0.15) is 0 Å². The second-order valence-corrected chi connectivity index (χ2v) is 6.27. The predicted molar refractivity (Wildman–Crippen MR) is 90.2 cm³/mol. The van der Waals surface area contributed by atoms with E-state index in [0.29, 0.717) is 12.7 Å². The first-order valence-corrected chi connectivity index (χ1v) is 8.66. The molecule has 2 aliphatic rings. The van der Waals surface area contributed by atoms with Gasteiger partial charge < -0.3 is 19.5 Å². The van der Waals surface area contributed by atoms with Crippen LogP contribution in [0.25, 0.3) is 0 Å². The number of methoxy groups -OCH3 is 1. The van der Waals surface area contributed by atoms with Crippen molar-refractivity contribution < 1.29 is 14.2 Å². The molecule has 0 unspecified atom stereocenters. The topological polar surface area (TPSA) is 43.0 Å². The SMILES string of the molecule is CCOc1ccc(CNC[C@H]2CN(C3CC3)CCO2)cc1OC. The summed E-state index contributed by atoms with van der Waals surface area (Å²) in [6.45, 7) is 7.33. The average Bonchev–Trinajstić information content (AvgIpc) is 3.41. The lowest BCUT2D eigenvalue weighted by molar-refractivity contribution is -0.0301. The van der Waals surface area contributed by atoms with Crippen LogP contribution < -0.4 is 14.8 Å². The Morgan fingerprint density at radius 3 is 2.91 bits per heavy atom. The van der Waals surface area contributed by atoms with E-state index in [-0.39, 0.29) is 0 Å². The summed E-state index contributed by atoms with van der Waals surface area (Å²) in [5.74, 6) is 1.59. The van der Waals surface area contributed by atoms with Crippen molar-refractivity contribution in [1.29, 1.82) is 0 Å². The highest BCUT2D eigenvalue weighted by atomic mass is 16.5. The van der Waals surface area contributed by atoms with E-state index >= 15 is 0 Å². The van der Waals surface area contributed by atoms with E-state index in [1.54, 1.807) is 7.11 Å². The first-order chi connectivity index (χ1) is 11.3. The van der Waals surface area contributed by atoms with Gasteiger partial charge in [-0.25, -0.2) is 0 Å². The molecule has 1 atom stereocenters. The van der Waals surface area contributed by atoms with E-state index in [0.717, 1.165) is 50.3 Å². The van der Waals surface area contributed by atoms with Gasteiger partial charge in [-0.05, 0) is 37.5 Å². The molecule has 0 bridgehead atoms. The highest BCUT2D eigenvalue weighted by Gasteiger charge is 2.32. The molecule has 3 rings (SSSR count). The number of morpholine rings is 1. The third-order valence-corrected chi connectivity index (χ3v) is 4.46. The summed E-state index contributed by atoms with van der Waals surface area (Å²) in [5.41, 5.74) is 1.19. The molecule has 1 heterocycles. The van der Waals surface area contributed by atoms with Crippen molar-refractivity contribution in [1.82, 2.24) is 10.2 Å². The Hall–Kier alpha value is -1.30. The van der Waals surface area contributed by atoms with Gasteiger partial charge in [-0.3, -0.25) is 4.90 Å². The molecule has 5 heteroatoms. The number of nitrogens with one attached hydrogen (secondary N) is 1. The highest BCUT2D eigenvalue weighted by Crippen LogP contribution is 2.29. The summed E-state index contributed by atoms with van der Waals surface area (Å²) in [5, 5.41) is 3.51. The maximum Gasteiger partial charge on any atom is 0.161 e. The average molecular weight is 320 g/mol. The fraction of sp³-hybridized carbons (Fsp3) is 0.667. The fourth-order valence-corrected chi connectivity index (χ4v) is 3.11. The second kappa shape index (κ2) is 7.99. The monoisotopic (exact) mass is 320 g/mol. The van der Waals surface area contributed by atoms with Gasteiger partial charge in [-0.1, -0.05) is 6.07 Å². The molecular formula is C18H28N2O3. The van der Waals surface area contributed by atoms with Crippen LogP contribution in [0.5, 0.6) is 11.5 Å². The molecule has 1 aliphatic carbocycles. The zero-order valence-corrected chi connectivity index (χ0v) is 14.2. The van der Waals surface area contributed by atoms with Gasteiger partial charge in [0.2, 0.25) is 0 Å². The van der Waals surface area contributed by atoms with E-state index in [1.165, 1.54) is 18.4 Å². The van der Waals surface area contributed by atoms with E-state index in [4.69, 9.17) is 14.2 Å². The van der Waals surface area contributed by atoms with Crippen LogP contribution in [0.15, 0.2) is 18.2 Å². The minimum atomic E-state index is 0.300. The van der Waals surface area contributed by atoms with Crippen molar-refractivity contribution in [2.45, 2.75) is 38.5 Å². The summed E-state index contributed by atoms with van der Waals surface area (Å²) in [6.07, 6.45) is 3.03. The standard InChI is InChI=1S/C18H28N2O3/c1-3-22-17-7-4-14(10-18(17)21-2)11-19-12-16-13-20(8-9-23-16)15-5-6-15/h4,7,10,15-16,19H,3,5-6,8-9,11-13H2,1-2H3/t16-/m0/s1. The molecule has 5 nitrogen and oxygen atoms in total. The zero-order valence-electron chi connectivity index (χ0n) is 14.2. The van der Waals surface area contributed by atoms with Crippen molar-refractivity contribution in [2.24, 2.45) is 0 Å². The summed E-state index contributed by atoms with van der Waals surface area (Å²) >= 11 is 0. The largest absolute Gasteiger partial charge is 0.493 e. The maximum absolute atomic E-state index is 5.87. The molecule has 1 N–H and O–H groups in total. The summed E-state index contributed by atoms with van der Waals surface area (Å²) in [6, 6.07) is 6.93. The molecule has 1 aromatic rings. The lowest BCUT2D eigenvalue weighted by Gasteiger charge is -2.33. The molecule has 0 spiro atoms. The number of hydrogen-bond acceptors (Lipinski definition) is 5. The molecule has 1 aromatic carbocycles. The molecule has 23 heavy (non-hydrogen) atoms. The number of rotatable bonds is 8. The number of hydrogen-bond donors (Lipinski definition) is 1. The molecule has 0 amide bonds. The van der Waals surface area contributed by atoms with Crippen LogP contribution in [0.1, 0.15) is 25.3 Å². The summed E-state index contributed by atoms with van der Waals surface area (Å²) in [7, 11) is 1.68. The Kier molecular flexibility index (Phi) is 5.75. The van der Waals surface area contributed by atoms with Crippen molar-refractivity contribution in [3.63, 3.8) is 0 Å². The minimum Gasteiger partial charge on any atom is -0.493 e. The Morgan fingerprint density at radius 1 is 1.30 bits per heavy atom. The smallest absolute Gasteiger partial charge is 0.161 e. The Bertz CT molecular complexity index is 505. The molecule has 1 saturated heterocycles. The minimum absolute atomic E-state index is 0.300. The van der Waals surface area contributed by atoms with Crippen LogP contribution in [0.4, 0.5) is 0 Å². The van der Waals surface area contributed by atoms with Crippen molar-refractivity contribution in [3.05, 3.63) is 23.8 Å². The van der Waals surface area contributed by atoms with Crippen molar-refractivity contribution in [3.8, 4) is 11.5 Å². The number of ether oxygens (including phenoxy) is 3.